The molecule has 0 aliphatic carbocycles. The number of amides is 1. The predicted molar refractivity (Wildman–Crippen MR) is 108 cm³/mol. The third kappa shape index (κ3) is 5.96. The molecule has 0 saturated carbocycles. The van der Waals surface area contributed by atoms with Gasteiger partial charge in [-0.1, -0.05) is 41.9 Å². The highest BCUT2D eigenvalue weighted by molar-refractivity contribution is 6.30. The minimum atomic E-state index is 0.0482. The van der Waals surface area contributed by atoms with Gasteiger partial charge >= 0.3 is 0 Å². The summed E-state index contributed by atoms with van der Waals surface area (Å²) in [5.41, 5.74) is 2.25. The number of ether oxygens (including phenoxy) is 1. The predicted octanol–water partition coefficient (Wildman–Crippen LogP) is 2.78. The van der Waals surface area contributed by atoms with Gasteiger partial charge in [0.25, 0.3) is 0 Å². The summed E-state index contributed by atoms with van der Waals surface area (Å²) in [4.78, 5) is 16.9. The van der Waals surface area contributed by atoms with E-state index in [4.69, 9.17) is 16.3 Å². The first-order valence-electron chi connectivity index (χ1n) is 9.22. The summed E-state index contributed by atoms with van der Waals surface area (Å²) >= 11 is 5.94. The van der Waals surface area contributed by atoms with Crippen LogP contribution in [0.5, 0.6) is 5.75 Å². The van der Waals surface area contributed by atoms with Crippen LogP contribution in [0, 0.1) is 0 Å². The molecular formula is C21H26ClN3O2. The second kappa shape index (κ2) is 9.74. The molecule has 27 heavy (non-hydrogen) atoms. The molecule has 0 spiro atoms. The molecule has 1 aliphatic heterocycles. The molecule has 1 N–H and O–H groups in total. The van der Waals surface area contributed by atoms with Crippen molar-refractivity contribution in [2.24, 2.45) is 0 Å². The Balaban J connectivity index is 1.39. The van der Waals surface area contributed by atoms with Crippen molar-refractivity contribution in [3.8, 4) is 5.75 Å². The molecule has 0 bridgehead atoms. The van der Waals surface area contributed by atoms with Crippen molar-refractivity contribution in [2.75, 3.05) is 39.8 Å². The van der Waals surface area contributed by atoms with Crippen molar-refractivity contribution in [2.45, 2.75) is 13.1 Å². The monoisotopic (exact) mass is 387 g/mol. The zero-order chi connectivity index (χ0) is 19.1. The second-order valence-electron chi connectivity index (χ2n) is 6.77. The molecule has 1 saturated heterocycles. The van der Waals surface area contributed by atoms with Crippen LogP contribution < -0.4 is 10.1 Å². The molecule has 3 rings (SSSR count). The largest absolute Gasteiger partial charge is 0.496 e. The van der Waals surface area contributed by atoms with Crippen LogP contribution >= 0.6 is 11.6 Å². The summed E-state index contributed by atoms with van der Waals surface area (Å²) in [5, 5.41) is 3.76. The van der Waals surface area contributed by atoms with E-state index in [1.807, 2.05) is 36.4 Å². The van der Waals surface area contributed by atoms with Gasteiger partial charge in [0, 0.05) is 49.9 Å². The SMILES string of the molecule is COc1ccccc1CNC(=O)CN1CCN(Cc2ccc(Cl)cc2)CC1. The van der Waals surface area contributed by atoms with Gasteiger partial charge in [-0.3, -0.25) is 14.6 Å². The number of methoxy groups -OCH3 is 1. The lowest BCUT2D eigenvalue weighted by atomic mass is 10.2. The summed E-state index contributed by atoms with van der Waals surface area (Å²) in [6, 6.07) is 15.7. The van der Waals surface area contributed by atoms with Crippen molar-refractivity contribution >= 4 is 17.5 Å². The maximum absolute atomic E-state index is 12.3. The lowest BCUT2D eigenvalue weighted by Crippen LogP contribution is -2.49. The van der Waals surface area contributed by atoms with Gasteiger partial charge in [-0.2, -0.15) is 0 Å². The third-order valence-corrected chi connectivity index (χ3v) is 5.07. The number of benzene rings is 2. The van der Waals surface area contributed by atoms with Crippen LogP contribution in [0.15, 0.2) is 48.5 Å². The van der Waals surface area contributed by atoms with Crippen molar-refractivity contribution < 1.29 is 9.53 Å². The zero-order valence-corrected chi connectivity index (χ0v) is 16.4. The lowest BCUT2D eigenvalue weighted by molar-refractivity contribution is -0.122. The van der Waals surface area contributed by atoms with Gasteiger partial charge in [0.2, 0.25) is 5.91 Å². The van der Waals surface area contributed by atoms with Crippen LogP contribution in [0.3, 0.4) is 0 Å². The van der Waals surface area contributed by atoms with Crippen LogP contribution in [-0.4, -0.2) is 55.5 Å². The highest BCUT2D eigenvalue weighted by Gasteiger charge is 2.19. The highest BCUT2D eigenvalue weighted by atomic mass is 35.5. The van der Waals surface area contributed by atoms with Crippen molar-refractivity contribution in [3.05, 3.63) is 64.7 Å². The first-order chi connectivity index (χ1) is 13.1. The molecule has 0 radical (unpaired) electrons. The fourth-order valence-corrected chi connectivity index (χ4v) is 3.38. The van der Waals surface area contributed by atoms with E-state index in [-0.39, 0.29) is 5.91 Å². The van der Waals surface area contributed by atoms with Gasteiger partial charge in [0.05, 0.1) is 13.7 Å². The molecule has 144 valence electrons. The van der Waals surface area contributed by atoms with Gasteiger partial charge in [-0.05, 0) is 23.8 Å². The quantitative estimate of drug-likeness (QED) is 0.793. The average Bonchev–Trinajstić information content (AvgIpc) is 2.70. The number of rotatable bonds is 7. The molecule has 2 aromatic rings. The summed E-state index contributed by atoms with van der Waals surface area (Å²) in [6.45, 7) is 5.56. The summed E-state index contributed by atoms with van der Waals surface area (Å²) in [7, 11) is 1.64. The van der Waals surface area contributed by atoms with Crippen LogP contribution in [0.2, 0.25) is 5.02 Å². The van der Waals surface area contributed by atoms with Crippen molar-refractivity contribution in [1.82, 2.24) is 15.1 Å². The molecule has 5 nitrogen and oxygen atoms in total. The molecule has 1 fully saturated rings. The molecular weight excluding hydrogens is 362 g/mol. The number of carbonyl (C=O) groups is 1. The Bertz CT molecular complexity index is 743. The average molecular weight is 388 g/mol. The Kier molecular flexibility index (Phi) is 7.10. The Morgan fingerprint density at radius 2 is 1.70 bits per heavy atom. The molecule has 2 aromatic carbocycles. The zero-order valence-electron chi connectivity index (χ0n) is 15.7. The topological polar surface area (TPSA) is 44.8 Å². The molecule has 1 amide bonds. The normalized spacial score (nSPS) is 15.5. The molecule has 0 aromatic heterocycles. The Labute approximate surface area is 165 Å². The smallest absolute Gasteiger partial charge is 0.234 e. The van der Waals surface area contributed by atoms with E-state index >= 15 is 0 Å². The fraction of sp³-hybridized carbons (Fsp3) is 0.381. The number of hydrogen-bond donors (Lipinski definition) is 1. The maximum atomic E-state index is 12.3. The molecule has 1 heterocycles. The van der Waals surface area contributed by atoms with E-state index in [0.717, 1.165) is 49.1 Å². The van der Waals surface area contributed by atoms with E-state index < -0.39 is 0 Å². The Hall–Kier alpha value is -2.08. The van der Waals surface area contributed by atoms with E-state index in [0.29, 0.717) is 13.1 Å². The summed E-state index contributed by atoms with van der Waals surface area (Å²) < 4.78 is 5.32. The fourth-order valence-electron chi connectivity index (χ4n) is 3.26. The highest BCUT2D eigenvalue weighted by Crippen LogP contribution is 2.16. The lowest BCUT2D eigenvalue weighted by Gasteiger charge is -2.34. The maximum Gasteiger partial charge on any atom is 0.234 e. The molecule has 6 heteroatoms. The van der Waals surface area contributed by atoms with Gasteiger partial charge in [0.1, 0.15) is 5.75 Å². The summed E-state index contributed by atoms with van der Waals surface area (Å²) in [6.07, 6.45) is 0. The van der Waals surface area contributed by atoms with Crippen LogP contribution in [0.4, 0.5) is 0 Å². The Morgan fingerprint density at radius 1 is 1.04 bits per heavy atom. The van der Waals surface area contributed by atoms with E-state index in [1.165, 1.54) is 5.56 Å². The van der Waals surface area contributed by atoms with Crippen molar-refractivity contribution in [1.29, 1.82) is 0 Å². The number of nitrogens with zero attached hydrogens (tertiary/aromatic N) is 2. The number of para-hydroxylation sites is 1. The van der Waals surface area contributed by atoms with Crippen molar-refractivity contribution in [3.63, 3.8) is 0 Å². The number of nitrogens with one attached hydrogen (secondary N) is 1. The number of halogens is 1. The first kappa shape index (κ1) is 19.7. The summed E-state index contributed by atoms with van der Waals surface area (Å²) in [5.74, 6) is 0.848. The van der Waals surface area contributed by atoms with Gasteiger partial charge in [-0.25, -0.2) is 0 Å². The minimum Gasteiger partial charge on any atom is -0.496 e. The van der Waals surface area contributed by atoms with Crippen LogP contribution in [0.1, 0.15) is 11.1 Å². The van der Waals surface area contributed by atoms with Crippen LogP contribution in [-0.2, 0) is 17.9 Å². The van der Waals surface area contributed by atoms with Crippen LogP contribution in [0.25, 0.3) is 0 Å². The third-order valence-electron chi connectivity index (χ3n) is 4.82. The standard InChI is InChI=1S/C21H26ClN3O2/c1-27-20-5-3-2-4-18(20)14-23-21(26)16-25-12-10-24(11-13-25)15-17-6-8-19(22)9-7-17/h2-9H,10-16H2,1H3,(H,23,26). The van der Waals surface area contributed by atoms with Gasteiger partial charge in [-0.15, -0.1) is 0 Å². The van der Waals surface area contributed by atoms with E-state index in [1.54, 1.807) is 7.11 Å². The second-order valence-corrected chi connectivity index (χ2v) is 7.20. The minimum absolute atomic E-state index is 0.0482. The molecule has 1 aliphatic rings. The number of piperazine rings is 1. The first-order valence-corrected chi connectivity index (χ1v) is 9.59. The Morgan fingerprint density at radius 3 is 2.41 bits per heavy atom. The number of hydrogen-bond acceptors (Lipinski definition) is 4. The van der Waals surface area contributed by atoms with E-state index in [9.17, 15) is 4.79 Å². The van der Waals surface area contributed by atoms with Gasteiger partial charge < -0.3 is 10.1 Å². The van der Waals surface area contributed by atoms with Gasteiger partial charge in [0.15, 0.2) is 0 Å². The van der Waals surface area contributed by atoms with E-state index in [2.05, 4.69) is 27.2 Å². The molecule has 0 atom stereocenters. The number of carbonyl (C=O) groups excluding carboxylic acids is 1. The molecule has 0 unspecified atom stereocenters.